The number of anilines is 1. The lowest BCUT2D eigenvalue weighted by atomic mass is 10.1. The average molecular weight is 325 g/mol. The van der Waals surface area contributed by atoms with Crippen molar-refractivity contribution in [2.45, 2.75) is 19.9 Å². The van der Waals surface area contributed by atoms with Crippen LogP contribution < -0.4 is 5.32 Å². The van der Waals surface area contributed by atoms with Crippen LogP contribution in [-0.4, -0.2) is 26.1 Å². The fourth-order valence-corrected chi connectivity index (χ4v) is 2.21. The van der Waals surface area contributed by atoms with Crippen molar-refractivity contribution in [3.63, 3.8) is 0 Å². The van der Waals surface area contributed by atoms with Gasteiger partial charge in [-0.25, -0.2) is 4.39 Å². The Hall–Kier alpha value is -3.09. The minimum atomic E-state index is -0.413. The second-order valence-corrected chi connectivity index (χ2v) is 5.25. The molecule has 0 aliphatic rings. The largest absolute Gasteiger partial charge is 0.324 e. The number of carbonyl (C=O) groups excluding carboxylic acids is 1. The van der Waals surface area contributed by atoms with Gasteiger partial charge < -0.3 is 5.32 Å². The summed E-state index contributed by atoms with van der Waals surface area (Å²) in [4.78, 5) is 13.2. The van der Waals surface area contributed by atoms with E-state index in [4.69, 9.17) is 0 Å². The molecular weight excluding hydrogens is 309 g/mol. The Morgan fingerprint density at radius 3 is 2.71 bits per heavy atom. The zero-order valence-electron chi connectivity index (χ0n) is 13.1. The smallest absolute Gasteiger partial charge is 0.248 e. The molecule has 0 atom stereocenters. The van der Waals surface area contributed by atoms with Crippen molar-refractivity contribution in [1.82, 2.24) is 20.2 Å². The van der Waals surface area contributed by atoms with Gasteiger partial charge in [-0.2, -0.15) is 4.80 Å². The van der Waals surface area contributed by atoms with Crippen LogP contribution in [0, 0.1) is 5.82 Å². The van der Waals surface area contributed by atoms with Crippen LogP contribution in [0.25, 0.3) is 11.4 Å². The number of amides is 1. The molecule has 0 fully saturated rings. The summed E-state index contributed by atoms with van der Waals surface area (Å²) in [7, 11) is 0. The van der Waals surface area contributed by atoms with E-state index in [1.54, 1.807) is 6.07 Å². The third-order valence-electron chi connectivity index (χ3n) is 3.47. The summed E-state index contributed by atoms with van der Waals surface area (Å²) in [5, 5.41) is 14.6. The van der Waals surface area contributed by atoms with Crippen molar-refractivity contribution < 1.29 is 9.18 Å². The van der Waals surface area contributed by atoms with Crippen LogP contribution in [-0.2, 0) is 17.8 Å². The lowest BCUT2D eigenvalue weighted by Crippen LogP contribution is -2.20. The van der Waals surface area contributed by atoms with Gasteiger partial charge in [0.25, 0.3) is 0 Å². The molecule has 122 valence electrons. The van der Waals surface area contributed by atoms with Gasteiger partial charge in [0, 0.05) is 11.3 Å². The first-order valence-electron chi connectivity index (χ1n) is 7.56. The summed E-state index contributed by atoms with van der Waals surface area (Å²) >= 11 is 0. The first kappa shape index (κ1) is 15.8. The van der Waals surface area contributed by atoms with Crippen molar-refractivity contribution in [3.8, 4) is 11.4 Å². The summed E-state index contributed by atoms with van der Waals surface area (Å²) in [6.45, 7) is 1.98. The van der Waals surface area contributed by atoms with Gasteiger partial charge >= 0.3 is 0 Å². The van der Waals surface area contributed by atoms with Gasteiger partial charge in [-0.15, -0.1) is 10.2 Å². The third kappa shape index (κ3) is 3.81. The quantitative estimate of drug-likeness (QED) is 0.783. The normalized spacial score (nSPS) is 10.6. The van der Waals surface area contributed by atoms with E-state index in [0.717, 1.165) is 12.0 Å². The number of halogens is 1. The number of aromatic nitrogens is 4. The van der Waals surface area contributed by atoms with Crippen molar-refractivity contribution in [1.29, 1.82) is 0 Å². The number of carbonyl (C=O) groups is 1. The topological polar surface area (TPSA) is 72.7 Å². The highest BCUT2D eigenvalue weighted by molar-refractivity contribution is 5.90. The molecule has 0 saturated heterocycles. The molecule has 0 radical (unpaired) electrons. The molecule has 3 aromatic rings. The highest BCUT2D eigenvalue weighted by atomic mass is 19.1. The average Bonchev–Trinajstić information content (AvgIpc) is 3.03. The standard InChI is InChI=1S/C17H16FN5O/c1-2-12-6-8-13(9-7-12)17-20-22-23(21-17)11-16(24)19-15-5-3-4-14(18)10-15/h3-10H,2,11H2,1H3,(H,19,24). The van der Waals surface area contributed by atoms with Gasteiger partial charge in [0.1, 0.15) is 12.4 Å². The lowest BCUT2D eigenvalue weighted by molar-refractivity contribution is -0.117. The summed E-state index contributed by atoms with van der Waals surface area (Å²) < 4.78 is 13.1. The second kappa shape index (κ2) is 6.99. The van der Waals surface area contributed by atoms with E-state index in [0.29, 0.717) is 11.5 Å². The fraction of sp³-hybridized carbons (Fsp3) is 0.176. The zero-order chi connectivity index (χ0) is 16.9. The molecule has 0 aliphatic carbocycles. The van der Waals surface area contributed by atoms with Crippen LogP contribution in [0.2, 0.25) is 0 Å². The van der Waals surface area contributed by atoms with Crippen LogP contribution in [0.3, 0.4) is 0 Å². The molecule has 1 heterocycles. The van der Waals surface area contributed by atoms with E-state index in [2.05, 4.69) is 27.7 Å². The molecule has 1 amide bonds. The Morgan fingerprint density at radius 2 is 2.00 bits per heavy atom. The highest BCUT2D eigenvalue weighted by Gasteiger charge is 2.10. The third-order valence-corrected chi connectivity index (χ3v) is 3.47. The maximum atomic E-state index is 13.1. The predicted octanol–water partition coefficient (Wildman–Crippen LogP) is 2.68. The van der Waals surface area contributed by atoms with E-state index in [-0.39, 0.29) is 12.5 Å². The van der Waals surface area contributed by atoms with E-state index < -0.39 is 5.82 Å². The maximum absolute atomic E-state index is 13.1. The van der Waals surface area contributed by atoms with Crippen molar-refractivity contribution in [2.24, 2.45) is 0 Å². The number of rotatable bonds is 5. The number of hydrogen-bond donors (Lipinski definition) is 1. The summed E-state index contributed by atoms with van der Waals surface area (Å²) in [5.41, 5.74) is 2.44. The van der Waals surface area contributed by atoms with Crippen LogP contribution in [0.1, 0.15) is 12.5 Å². The Bertz CT molecular complexity index is 844. The monoisotopic (exact) mass is 325 g/mol. The van der Waals surface area contributed by atoms with Gasteiger partial charge in [0.05, 0.1) is 0 Å². The Morgan fingerprint density at radius 1 is 1.21 bits per heavy atom. The summed E-state index contributed by atoms with van der Waals surface area (Å²) in [5.74, 6) is -0.313. The number of benzene rings is 2. The molecule has 0 unspecified atom stereocenters. The molecule has 0 bridgehead atoms. The molecule has 6 nitrogen and oxygen atoms in total. The van der Waals surface area contributed by atoms with E-state index in [1.807, 2.05) is 24.3 Å². The molecule has 24 heavy (non-hydrogen) atoms. The van der Waals surface area contributed by atoms with Gasteiger partial charge in [-0.1, -0.05) is 37.3 Å². The van der Waals surface area contributed by atoms with Crippen molar-refractivity contribution in [2.75, 3.05) is 5.32 Å². The van der Waals surface area contributed by atoms with Gasteiger partial charge in [0.15, 0.2) is 0 Å². The van der Waals surface area contributed by atoms with Crippen LogP contribution in [0.15, 0.2) is 48.5 Å². The SMILES string of the molecule is CCc1ccc(-c2nnn(CC(=O)Nc3cccc(F)c3)n2)cc1. The van der Waals surface area contributed by atoms with Gasteiger partial charge in [-0.05, 0) is 35.4 Å². The van der Waals surface area contributed by atoms with Crippen molar-refractivity contribution in [3.05, 3.63) is 59.9 Å². The zero-order valence-corrected chi connectivity index (χ0v) is 13.1. The minimum absolute atomic E-state index is 0.101. The Balaban J connectivity index is 1.65. The Labute approximate surface area is 138 Å². The number of nitrogens with zero attached hydrogens (tertiary/aromatic N) is 4. The lowest BCUT2D eigenvalue weighted by Gasteiger charge is -2.04. The first-order valence-corrected chi connectivity index (χ1v) is 7.56. The van der Waals surface area contributed by atoms with Gasteiger partial charge in [-0.3, -0.25) is 4.79 Å². The second-order valence-electron chi connectivity index (χ2n) is 5.25. The van der Waals surface area contributed by atoms with E-state index >= 15 is 0 Å². The molecule has 1 aromatic heterocycles. The van der Waals surface area contributed by atoms with Gasteiger partial charge in [0.2, 0.25) is 11.7 Å². The van der Waals surface area contributed by atoms with Crippen LogP contribution in [0.4, 0.5) is 10.1 Å². The number of tetrazole rings is 1. The predicted molar refractivity (Wildman–Crippen MR) is 87.7 cm³/mol. The van der Waals surface area contributed by atoms with E-state index in [1.165, 1.54) is 28.6 Å². The van der Waals surface area contributed by atoms with E-state index in [9.17, 15) is 9.18 Å². The Kier molecular flexibility index (Phi) is 4.60. The molecule has 2 aromatic carbocycles. The molecule has 0 saturated carbocycles. The minimum Gasteiger partial charge on any atom is -0.324 e. The number of nitrogens with one attached hydrogen (secondary N) is 1. The maximum Gasteiger partial charge on any atom is 0.248 e. The number of aryl methyl sites for hydroxylation is 1. The summed E-state index contributed by atoms with van der Waals surface area (Å²) in [6.07, 6.45) is 0.959. The number of hydrogen-bond acceptors (Lipinski definition) is 4. The molecule has 0 spiro atoms. The van der Waals surface area contributed by atoms with Crippen LogP contribution in [0.5, 0.6) is 0 Å². The first-order chi connectivity index (χ1) is 11.6. The fourth-order valence-electron chi connectivity index (χ4n) is 2.21. The molecule has 3 rings (SSSR count). The molecular formula is C17H16FN5O. The summed E-state index contributed by atoms with van der Waals surface area (Å²) in [6, 6.07) is 13.5. The molecule has 7 heteroatoms. The van der Waals surface area contributed by atoms with Crippen LogP contribution >= 0.6 is 0 Å². The van der Waals surface area contributed by atoms with Crippen molar-refractivity contribution >= 4 is 11.6 Å². The molecule has 0 aliphatic heterocycles. The molecule has 1 N–H and O–H groups in total. The highest BCUT2D eigenvalue weighted by Crippen LogP contribution is 2.15.